The molecule has 4 N–H and O–H groups in total. The van der Waals surface area contributed by atoms with Gasteiger partial charge in [0.05, 0.1) is 12.9 Å². The van der Waals surface area contributed by atoms with E-state index in [1.165, 1.54) is 26.4 Å². The van der Waals surface area contributed by atoms with Crippen molar-refractivity contribution in [2.45, 2.75) is 71.2 Å². The van der Waals surface area contributed by atoms with Gasteiger partial charge >= 0.3 is 12.1 Å². The molecule has 3 amide bonds. The summed E-state index contributed by atoms with van der Waals surface area (Å²) in [6.45, 7) is 10.1. The zero-order chi connectivity index (χ0) is 32.8. The lowest BCUT2D eigenvalue weighted by molar-refractivity contribution is -0.145. The van der Waals surface area contributed by atoms with Gasteiger partial charge in [-0.3, -0.25) is 9.59 Å². The maximum absolute atomic E-state index is 13.7. The van der Waals surface area contributed by atoms with E-state index >= 15 is 0 Å². The van der Waals surface area contributed by atoms with Crippen LogP contribution < -0.4 is 16.0 Å². The number of H-pyrrole nitrogens is 1. The molecule has 45 heavy (non-hydrogen) atoms. The monoisotopic (exact) mass is 616 g/mol. The highest BCUT2D eigenvalue weighted by atomic mass is 16.6. The number of para-hydroxylation sites is 1. The molecule has 2 aromatic carbocycles. The van der Waals surface area contributed by atoms with Gasteiger partial charge in [-0.15, -0.1) is 0 Å². The van der Waals surface area contributed by atoms with Crippen LogP contribution in [0.4, 0.5) is 10.6 Å². The van der Waals surface area contributed by atoms with Crippen LogP contribution in [0.25, 0.3) is 10.9 Å². The van der Waals surface area contributed by atoms with Crippen LogP contribution in [0, 0.1) is 0 Å². The second kappa shape index (κ2) is 13.7. The highest BCUT2D eigenvalue weighted by Gasteiger charge is 2.35. The van der Waals surface area contributed by atoms with E-state index in [-0.39, 0.29) is 18.8 Å². The molecular weight excluding hydrogens is 576 g/mol. The number of amides is 3. The number of benzene rings is 2. The van der Waals surface area contributed by atoms with E-state index in [4.69, 9.17) is 9.47 Å². The third-order valence-electron chi connectivity index (χ3n) is 6.88. The molecule has 238 valence electrons. The van der Waals surface area contributed by atoms with Crippen molar-refractivity contribution in [1.29, 1.82) is 0 Å². The normalized spacial score (nSPS) is 13.0. The molecule has 12 heteroatoms. The van der Waals surface area contributed by atoms with E-state index in [9.17, 15) is 19.2 Å². The predicted octanol–water partition coefficient (Wildman–Crippen LogP) is 4.49. The summed E-state index contributed by atoms with van der Waals surface area (Å²) >= 11 is 0. The fourth-order valence-corrected chi connectivity index (χ4v) is 4.73. The molecule has 2 atom stereocenters. The van der Waals surface area contributed by atoms with E-state index in [1.807, 2.05) is 42.5 Å². The van der Waals surface area contributed by atoms with Crippen molar-refractivity contribution in [3.8, 4) is 0 Å². The van der Waals surface area contributed by atoms with Gasteiger partial charge in [-0.1, -0.05) is 48.5 Å². The van der Waals surface area contributed by atoms with Gasteiger partial charge in [0, 0.05) is 29.7 Å². The zero-order valence-electron chi connectivity index (χ0n) is 26.3. The number of ether oxygens (including phenoxy) is 2. The van der Waals surface area contributed by atoms with Crippen LogP contribution >= 0.6 is 0 Å². The predicted molar refractivity (Wildman–Crippen MR) is 169 cm³/mol. The second-order valence-corrected chi connectivity index (χ2v) is 12.1. The molecule has 0 saturated carbocycles. The molecule has 2 unspecified atom stereocenters. The number of hydrogen-bond acceptors (Lipinski definition) is 7. The standard InChI is InChI=1S/C33H40N6O6/c1-7-44-29(41)27(21-13-9-8-10-14-21)39-19-26(35-20-39)37-28(40)25(17-22-18-34-24-16-12-11-15-23(22)24)36-30(42)33(5,6)38-31(43)45-32(2,3)4/h8-16,18-20,25,27,34H,7,17H2,1-6H3,(H,36,42)(H,37,40)(H,38,43). The number of fused-ring (bicyclic) bond motifs is 1. The number of nitrogens with zero attached hydrogens (tertiary/aromatic N) is 2. The molecular formula is C33H40N6O6. The van der Waals surface area contributed by atoms with Gasteiger partial charge in [0.1, 0.15) is 17.2 Å². The second-order valence-electron chi connectivity index (χ2n) is 12.1. The number of hydrogen-bond donors (Lipinski definition) is 4. The first-order chi connectivity index (χ1) is 21.3. The topological polar surface area (TPSA) is 156 Å². The maximum Gasteiger partial charge on any atom is 0.408 e. The number of imidazole rings is 1. The van der Waals surface area contributed by atoms with Crippen LogP contribution in [-0.4, -0.2) is 62.2 Å². The Kier molecular flexibility index (Phi) is 9.95. The average molecular weight is 617 g/mol. The number of rotatable bonds is 11. The SMILES string of the molecule is CCOC(=O)C(c1ccccc1)n1cnc(NC(=O)C(Cc2c[nH]c3ccccc23)NC(=O)C(C)(C)NC(=O)OC(C)(C)C)c1. The third-order valence-corrected chi connectivity index (χ3v) is 6.88. The fourth-order valence-electron chi connectivity index (χ4n) is 4.73. The van der Waals surface area contributed by atoms with Crippen molar-refractivity contribution in [2.75, 3.05) is 11.9 Å². The minimum Gasteiger partial charge on any atom is -0.464 e. The van der Waals surface area contributed by atoms with E-state index in [2.05, 4.69) is 25.9 Å². The van der Waals surface area contributed by atoms with E-state index in [1.54, 1.807) is 50.6 Å². The zero-order valence-corrected chi connectivity index (χ0v) is 26.3. The van der Waals surface area contributed by atoms with Crippen molar-refractivity contribution in [2.24, 2.45) is 0 Å². The van der Waals surface area contributed by atoms with Crippen LogP contribution in [0.3, 0.4) is 0 Å². The lowest BCUT2D eigenvalue weighted by Crippen LogP contribution is -2.59. The van der Waals surface area contributed by atoms with Crippen LogP contribution in [0.2, 0.25) is 0 Å². The summed E-state index contributed by atoms with van der Waals surface area (Å²) in [5.74, 6) is -1.43. The van der Waals surface area contributed by atoms with Crippen LogP contribution in [0.15, 0.2) is 73.3 Å². The van der Waals surface area contributed by atoms with Gasteiger partial charge < -0.3 is 35.0 Å². The van der Waals surface area contributed by atoms with Crippen LogP contribution in [-0.2, 0) is 30.3 Å². The van der Waals surface area contributed by atoms with Gasteiger partial charge in [-0.2, -0.15) is 0 Å². The summed E-state index contributed by atoms with van der Waals surface area (Å²) in [7, 11) is 0. The van der Waals surface area contributed by atoms with Crippen LogP contribution in [0.1, 0.15) is 58.7 Å². The molecule has 0 spiro atoms. The van der Waals surface area contributed by atoms with Crippen molar-refractivity contribution >= 4 is 40.6 Å². The third kappa shape index (κ3) is 8.49. The molecule has 0 saturated heterocycles. The molecule has 0 aliphatic rings. The fraction of sp³-hybridized carbons (Fsp3) is 0.364. The first-order valence-electron chi connectivity index (χ1n) is 14.7. The number of nitrogens with one attached hydrogen (secondary N) is 4. The number of carbonyl (C=O) groups is 4. The van der Waals surface area contributed by atoms with Gasteiger partial charge in [0.25, 0.3) is 0 Å². The Hall–Kier alpha value is -5.13. The molecule has 12 nitrogen and oxygen atoms in total. The van der Waals surface area contributed by atoms with E-state index in [0.717, 1.165) is 16.5 Å². The number of anilines is 1. The molecule has 0 radical (unpaired) electrons. The lowest BCUT2D eigenvalue weighted by atomic mass is 10.0. The number of aromatic nitrogens is 3. The molecule has 0 aliphatic carbocycles. The van der Waals surface area contributed by atoms with E-state index in [0.29, 0.717) is 5.56 Å². The summed E-state index contributed by atoms with van der Waals surface area (Å²) in [6.07, 6.45) is 4.14. The number of carbonyl (C=O) groups excluding carboxylic acids is 4. The maximum atomic E-state index is 13.7. The quantitative estimate of drug-likeness (QED) is 0.181. The number of alkyl carbamates (subject to hydrolysis) is 1. The van der Waals surface area contributed by atoms with Crippen molar-refractivity contribution in [3.63, 3.8) is 0 Å². The van der Waals surface area contributed by atoms with Crippen molar-refractivity contribution in [3.05, 3.63) is 84.4 Å². The molecule has 4 aromatic rings. The highest BCUT2D eigenvalue weighted by molar-refractivity contribution is 5.99. The number of aromatic amines is 1. The minimum atomic E-state index is -1.41. The molecule has 2 heterocycles. The molecule has 0 aliphatic heterocycles. The highest BCUT2D eigenvalue weighted by Crippen LogP contribution is 2.23. The van der Waals surface area contributed by atoms with Gasteiger partial charge in [-0.25, -0.2) is 14.6 Å². The Morgan fingerprint density at radius 3 is 2.36 bits per heavy atom. The Morgan fingerprint density at radius 1 is 0.978 bits per heavy atom. The first kappa shape index (κ1) is 32.8. The minimum absolute atomic E-state index is 0.139. The molecule has 0 fully saturated rings. The largest absolute Gasteiger partial charge is 0.464 e. The Bertz CT molecular complexity index is 1650. The lowest BCUT2D eigenvalue weighted by Gasteiger charge is -2.29. The molecule has 4 rings (SSSR count). The van der Waals surface area contributed by atoms with Crippen LogP contribution in [0.5, 0.6) is 0 Å². The Morgan fingerprint density at radius 2 is 1.67 bits per heavy atom. The smallest absolute Gasteiger partial charge is 0.408 e. The number of esters is 1. The summed E-state index contributed by atoms with van der Waals surface area (Å²) in [4.78, 5) is 60.1. The van der Waals surface area contributed by atoms with Gasteiger partial charge in [0.2, 0.25) is 11.8 Å². The first-order valence-corrected chi connectivity index (χ1v) is 14.7. The molecule has 2 aromatic heterocycles. The molecule has 0 bridgehead atoms. The summed E-state index contributed by atoms with van der Waals surface area (Å²) in [5, 5.41) is 9.04. The van der Waals surface area contributed by atoms with E-state index < -0.39 is 47.1 Å². The van der Waals surface area contributed by atoms with Crippen molar-refractivity contribution in [1.82, 2.24) is 25.2 Å². The summed E-state index contributed by atoms with van der Waals surface area (Å²) in [5.41, 5.74) is 0.210. The van der Waals surface area contributed by atoms with Gasteiger partial charge in [0.15, 0.2) is 11.9 Å². The van der Waals surface area contributed by atoms with Crippen molar-refractivity contribution < 1.29 is 28.7 Å². The Balaban J connectivity index is 1.57. The summed E-state index contributed by atoms with van der Waals surface area (Å²) < 4.78 is 12.2. The van der Waals surface area contributed by atoms with Gasteiger partial charge in [-0.05, 0) is 58.7 Å². The average Bonchev–Trinajstić information content (AvgIpc) is 3.59. The summed E-state index contributed by atoms with van der Waals surface area (Å²) in [6, 6.07) is 14.8. The Labute approximate surface area is 261 Å².